The van der Waals surface area contributed by atoms with Crippen molar-refractivity contribution >= 4 is 22.6 Å². The predicted octanol–water partition coefficient (Wildman–Crippen LogP) is 3.26. The maximum Gasteiger partial charge on any atom is 0.225 e. The zero-order valence-corrected chi connectivity index (χ0v) is 16.0. The first-order valence-electron chi connectivity index (χ1n) is 10.2. The Bertz CT molecular complexity index is 845. The second kappa shape index (κ2) is 7.47. The Labute approximate surface area is 160 Å². The third-order valence-corrected chi connectivity index (χ3v) is 6.34. The van der Waals surface area contributed by atoms with E-state index in [-0.39, 0.29) is 17.9 Å². The molecule has 2 aliphatic rings. The molecule has 5 nitrogen and oxygen atoms in total. The quantitative estimate of drug-likeness (QED) is 0.869. The Morgan fingerprint density at radius 2 is 1.96 bits per heavy atom. The molecule has 1 aromatic heterocycles. The van der Waals surface area contributed by atoms with Crippen LogP contribution < -0.4 is 10.6 Å². The highest BCUT2D eigenvalue weighted by atomic mass is 16.3. The van der Waals surface area contributed by atoms with Crippen LogP contribution in [0.3, 0.4) is 0 Å². The zero-order valence-electron chi connectivity index (χ0n) is 16.0. The number of β-amino-alcohol motifs (C(OH)–C–C–N with tert-alkyl or cyclic N) is 1. The smallest absolute Gasteiger partial charge is 0.225 e. The topological polar surface area (TPSA) is 79.4 Å². The Kier molecular flexibility index (Phi) is 5.04. The van der Waals surface area contributed by atoms with Gasteiger partial charge in [0.25, 0.3) is 0 Å². The van der Waals surface area contributed by atoms with Crippen molar-refractivity contribution in [3.05, 3.63) is 35.4 Å². The zero-order chi connectivity index (χ0) is 19.0. The molecule has 2 heterocycles. The summed E-state index contributed by atoms with van der Waals surface area (Å²) in [6.45, 7) is 3.52. The molecule has 3 N–H and O–H groups in total. The lowest BCUT2D eigenvalue weighted by atomic mass is 9.74. The van der Waals surface area contributed by atoms with Gasteiger partial charge in [0.05, 0.1) is 17.5 Å². The first kappa shape index (κ1) is 18.2. The molecule has 1 unspecified atom stereocenters. The van der Waals surface area contributed by atoms with Crippen molar-refractivity contribution in [3.8, 4) is 0 Å². The maximum absolute atomic E-state index is 12.5. The number of anilines is 1. The van der Waals surface area contributed by atoms with Crippen LogP contribution in [0.1, 0.15) is 55.6 Å². The number of aromatic nitrogens is 1. The van der Waals surface area contributed by atoms with Gasteiger partial charge in [-0.15, -0.1) is 0 Å². The van der Waals surface area contributed by atoms with Crippen molar-refractivity contribution in [2.24, 2.45) is 11.7 Å². The van der Waals surface area contributed by atoms with Crippen LogP contribution in [-0.4, -0.2) is 35.2 Å². The highest BCUT2D eigenvalue weighted by Gasteiger charge is 2.32. The Hall–Kier alpha value is -2.14. The number of fused-ring (bicyclic) bond motifs is 1. The maximum atomic E-state index is 12.5. The lowest BCUT2D eigenvalue weighted by Gasteiger charge is -2.30. The normalized spacial score (nSPS) is 22.3. The third kappa shape index (κ3) is 3.53. The molecular formula is C22H29N3O2. The first-order valence-corrected chi connectivity index (χ1v) is 10.2. The van der Waals surface area contributed by atoms with E-state index in [9.17, 15) is 9.90 Å². The van der Waals surface area contributed by atoms with Crippen molar-refractivity contribution in [1.29, 1.82) is 0 Å². The summed E-state index contributed by atoms with van der Waals surface area (Å²) >= 11 is 0. The molecule has 0 bridgehead atoms. The molecule has 1 saturated heterocycles. The number of aryl methyl sites for hydroxylation is 1. The summed E-state index contributed by atoms with van der Waals surface area (Å²) in [4.78, 5) is 19.4. The van der Waals surface area contributed by atoms with Gasteiger partial charge in [-0.1, -0.05) is 25.3 Å². The highest BCUT2D eigenvalue weighted by molar-refractivity contribution is 5.92. The molecule has 27 heavy (non-hydrogen) atoms. The van der Waals surface area contributed by atoms with E-state index in [1.165, 1.54) is 19.3 Å². The van der Waals surface area contributed by atoms with Crippen LogP contribution in [0.25, 0.3) is 10.9 Å². The SMILES string of the molecule is Cc1ccc2nc(N3CC[C@@H](O)C3)ccc2c1C(C(N)=O)C1CCCCC1. The molecule has 1 aliphatic heterocycles. The molecule has 1 aromatic carbocycles. The number of nitrogens with two attached hydrogens (primary N) is 1. The fourth-order valence-electron chi connectivity index (χ4n) is 4.94. The summed E-state index contributed by atoms with van der Waals surface area (Å²) in [5.74, 6) is 0.760. The fourth-order valence-corrected chi connectivity index (χ4v) is 4.94. The van der Waals surface area contributed by atoms with Crippen molar-refractivity contribution in [3.63, 3.8) is 0 Å². The number of hydrogen-bond acceptors (Lipinski definition) is 4. The van der Waals surface area contributed by atoms with Gasteiger partial charge in [-0.05, 0) is 61.4 Å². The average Bonchev–Trinajstić information content (AvgIpc) is 3.10. The number of hydrogen-bond donors (Lipinski definition) is 2. The molecule has 1 saturated carbocycles. The van der Waals surface area contributed by atoms with E-state index in [2.05, 4.69) is 24.0 Å². The van der Waals surface area contributed by atoms with Gasteiger partial charge in [0.1, 0.15) is 5.82 Å². The minimum atomic E-state index is -0.276. The molecule has 2 aromatic rings. The summed E-state index contributed by atoms with van der Waals surface area (Å²) in [5, 5.41) is 10.8. The lowest BCUT2D eigenvalue weighted by molar-refractivity contribution is -0.120. The minimum Gasteiger partial charge on any atom is -0.391 e. The van der Waals surface area contributed by atoms with Crippen LogP contribution in [-0.2, 0) is 4.79 Å². The van der Waals surface area contributed by atoms with Gasteiger partial charge in [-0.25, -0.2) is 4.98 Å². The van der Waals surface area contributed by atoms with E-state index in [4.69, 9.17) is 10.7 Å². The molecule has 4 rings (SSSR count). The summed E-state index contributed by atoms with van der Waals surface area (Å²) in [6.07, 6.45) is 6.26. The van der Waals surface area contributed by atoms with Crippen LogP contribution in [0.5, 0.6) is 0 Å². The number of pyridine rings is 1. The standard InChI is InChI=1S/C22H29N3O2/c1-14-7-9-18-17(8-10-19(24-18)25-12-11-16(26)13-25)20(14)21(22(23)27)15-5-3-2-4-6-15/h7-10,15-16,21,26H,2-6,11-13H2,1H3,(H2,23,27)/t16-,21?/m1/s1. The second-order valence-electron chi connectivity index (χ2n) is 8.20. The Morgan fingerprint density at radius 3 is 2.63 bits per heavy atom. The second-order valence-corrected chi connectivity index (χ2v) is 8.20. The van der Waals surface area contributed by atoms with Gasteiger partial charge < -0.3 is 15.7 Å². The van der Waals surface area contributed by atoms with Crippen LogP contribution in [0, 0.1) is 12.8 Å². The van der Waals surface area contributed by atoms with Crippen LogP contribution in [0.15, 0.2) is 24.3 Å². The van der Waals surface area contributed by atoms with E-state index in [1.807, 2.05) is 12.1 Å². The van der Waals surface area contributed by atoms with E-state index in [0.29, 0.717) is 12.5 Å². The van der Waals surface area contributed by atoms with Gasteiger partial charge in [0.15, 0.2) is 0 Å². The minimum absolute atomic E-state index is 0.218. The van der Waals surface area contributed by atoms with E-state index >= 15 is 0 Å². The molecular weight excluding hydrogens is 338 g/mol. The third-order valence-electron chi connectivity index (χ3n) is 6.34. The number of aliphatic hydroxyl groups is 1. The fraction of sp³-hybridized carbons (Fsp3) is 0.545. The summed E-state index contributed by atoms with van der Waals surface area (Å²) in [7, 11) is 0. The Balaban J connectivity index is 1.76. The molecule has 2 atom stereocenters. The number of benzene rings is 1. The molecule has 1 aliphatic carbocycles. The summed E-state index contributed by atoms with van der Waals surface area (Å²) < 4.78 is 0. The molecule has 0 radical (unpaired) electrons. The van der Waals surface area contributed by atoms with Crippen molar-refractivity contribution in [1.82, 2.24) is 4.98 Å². The van der Waals surface area contributed by atoms with Crippen LogP contribution >= 0.6 is 0 Å². The van der Waals surface area contributed by atoms with Gasteiger partial charge in [0, 0.05) is 18.5 Å². The number of rotatable bonds is 4. The predicted molar refractivity (Wildman–Crippen MR) is 108 cm³/mol. The first-order chi connectivity index (χ1) is 13.0. The summed E-state index contributed by atoms with van der Waals surface area (Å²) in [6, 6.07) is 8.20. The van der Waals surface area contributed by atoms with E-state index < -0.39 is 0 Å². The van der Waals surface area contributed by atoms with Crippen molar-refractivity contribution < 1.29 is 9.90 Å². The van der Waals surface area contributed by atoms with Crippen LogP contribution in [0.2, 0.25) is 0 Å². The van der Waals surface area contributed by atoms with Gasteiger partial charge in [-0.2, -0.15) is 0 Å². The number of amides is 1. The van der Waals surface area contributed by atoms with Gasteiger partial charge >= 0.3 is 0 Å². The summed E-state index contributed by atoms with van der Waals surface area (Å²) in [5.41, 5.74) is 8.98. The number of carbonyl (C=O) groups excluding carboxylic acids is 1. The van der Waals surface area contributed by atoms with Crippen molar-refractivity contribution in [2.45, 2.75) is 57.5 Å². The number of primary amides is 1. The molecule has 5 heteroatoms. The lowest BCUT2D eigenvalue weighted by Crippen LogP contribution is -2.30. The Morgan fingerprint density at radius 1 is 1.19 bits per heavy atom. The van der Waals surface area contributed by atoms with Gasteiger partial charge in [-0.3, -0.25) is 4.79 Å². The van der Waals surface area contributed by atoms with E-state index in [0.717, 1.165) is 53.7 Å². The van der Waals surface area contributed by atoms with E-state index in [1.54, 1.807) is 0 Å². The highest BCUT2D eigenvalue weighted by Crippen LogP contribution is 2.40. The number of carbonyl (C=O) groups is 1. The van der Waals surface area contributed by atoms with Gasteiger partial charge in [0.2, 0.25) is 5.91 Å². The molecule has 2 fully saturated rings. The van der Waals surface area contributed by atoms with Crippen LogP contribution in [0.4, 0.5) is 5.82 Å². The number of aliphatic hydroxyl groups excluding tert-OH is 1. The molecule has 0 spiro atoms. The molecule has 1 amide bonds. The largest absolute Gasteiger partial charge is 0.391 e. The number of nitrogens with zero attached hydrogens (tertiary/aromatic N) is 2. The average molecular weight is 367 g/mol. The monoisotopic (exact) mass is 367 g/mol. The molecule has 144 valence electrons. The van der Waals surface area contributed by atoms with Crippen molar-refractivity contribution in [2.75, 3.05) is 18.0 Å².